The van der Waals surface area contributed by atoms with Crippen molar-refractivity contribution in [1.82, 2.24) is 9.97 Å². The van der Waals surface area contributed by atoms with Crippen LogP contribution < -0.4 is 0 Å². The summed E-state index contributed by atoms with van der Waals surface area (Å²) < 4.78 is 28.3. The fraction of sp³-hybridized carbons (Fsp3) is 0.109. The van der Waals surface area contributed by atoms with Gasteiger partial charge in [0.2, 0.25) is 0 Å². The van der Waals surface area contributed by atoms with Gasteiger partial charge in [0.1, 0.15) is 5.58 Å². The third-order valence-corrected chi connectivity index (χ3v) is 8.63. The molecule has 8 aromatic rings. The van der Waals surface area contributed by atoms with Crippen LogP contribution in [0.3, 0.4) is 0 Å². The molecule has 0 atom stereocenters. The summed E-state index contributed by atoms with van der Waals surface area (Å²) in [7, 11) is 0. The van der Waals surface area contributed by atoms with E-state index in [-0.39, 0.29) is 31.1 Å². The monoisotopic (exact) mass is 841 g/mol. The van der Waals surface area contributed by atoms with Gasteiger partial charge in [-0.3, -0.25) is 0 Å². The minimum Gasteiger partial charge on any atom is -0.500 e. The number of aromatic nitrogens is 2. The van der Waals surface area contributed by atoms with Crippen LogP contribution >= 0.6 is 0 Å². The van der Waals surface area contributed by atoms with Crippen LogP contribution in [0.1, 0.15) is 41.6 Å². The van der Waals surface area contributed by atoms with E-state index >= 15 is 0 Å². The van der Waals surface area contributed by atoms with E-state index in [1.54, 1.807) is 18.2 Å². The van der Waals surface area contributed by atoms with Gasteiger partial charge in [0.05, 0.1) is 17.2 Å². The van der Waals surface area contributed by atoms with E-state index in [0.29, 0.717) is 5.56 Å². The van der Waals surface area contributed by atoms with Crippen molar-refractivity contribution in [3.8, 4) is 50.8 Å². The van der Waals surface area contributed by atoms with Crippen molar-refractivity contribution in [3.05, 3.63) is 169 Å². The predicted octanol–water partition coefficient (Wildman–Crippen LogP) is 11.8. The first-order chi connectivity index (χ1) is 25.5. The number of para-hydroxylation sites is 1. The Balaban J connectivity index is 0.000000246. The van der Waals surface area contributed by atoms with Crippen LogP contribution in [-0.4, -0.2) is 9.97 Å². The van der Waals surface area contributed by atoms with Crippen molar-refractivity contribution < 1.29 is 28.6 Å². The fourth-order valence-corrected chi connectivity index (χ4v) is 5.90. The van der Waals surface area contributed by atoms with Crippen LogP contribution in [0.15, 0.2) is 144 Å². The van der Waals surface area contributed by atoms with Gasteiger partial charge in [-0.15, -0.1) is 54.1 Å². The maximum Gasteiger partial charge on any atom is 0.128 e. The van der Waals surface area contributed by atoms with Crippen molar-refractivity contribution in [2.75, 3.05) is 0 Å². The molecule has 0 saturated carbocycles. The van der Waals surface area contributed by atoms with Gasteiger partial charge < -0.3 is 14.4 Å². The Morgan fingerprint density at radius 3 is 2.12 bits per heavy atom. The normalized spacial score (nSPS) is 12.1. The number of rotatable bonds is 4. The first-order valence-corrected chi connectivity index (χ1v) is 16.4. The van der Waals surface area contributed by atoms with Gasteiger partial charge in [0, 0.05) is 47.6 Å². The molecule has 0 aliphatic heterocycles. The molecular weight excluding hydrogens is 803 g/mol. The number of hydrogen-bond donors (Lipinski definition) is 0. The van der Waals surface area contributed by atoms with E-state index in [0.717, 1.165) is 66.7 Å². The van der Waals surface area contributed by atoms with Gasteiger partial charge in [-0.2, -0.15) is 5.26 Å². The SMILES string of the molecule is CC(C)(C)c1ccnc(-c2[c-]ccc3c2oc2c(-c4ccc(-c5ccc(C#N)cc5)cc4)cccc23)c1.[2H]C([2H])([2H])c1ccc(-c2[c-]cccc2)nc1.[Ir]. The van der Waals surface area contributed by atoms with E-state index in [1.165, 1.54) is 11.8 Å². The molecule has 0 aliphatic carbocycles. The molecule has 0 N–H and O–H groups in total. The van der Waals surface area contributed by atoms with Gasteiger partial charge in [-0.05, 0) is 69.7 Å². The molecule has 0 spiro atoms. The second-order valence-electron chi connectivity index (χ2n) is 13.0. The van der Waals surface area contributed by atoms with Crippen LogP contribution in [-0.2, 0) is 25.5 Å². The summed E-state index contributed by atoms with van der Waals surface area (Å²) >= 11 is 0. The topological polar surface area (TPSA) is 62.7 Å². The van der Waals surface area contributed by atoms with Crippen LogP contribution in [0.25, 0.3) is 66.7 Å². The molecule has 3 heterocycles. The van der Waals surface area contributed by atoms with Crippen LogP contribution in [0.4, 0.5) is 0 Å². The number of furan rings is 1. The average molecular weight is 841 g/mol. The summed E-state index contributed by atoms with van der Waals surface area (Å²) in [5, 5.41) is 11.2. The van der Waals surface area contributed by atoms with E-state index in [4.69, 9.17) is 13.8 Å². The molecule has 251 valence electrons. The number of nitrogens with zero attached hydrogens (tertiary/aromatic N) is 3. The van der Waals surface area contributed by atoms with Crippen LogP contribution in [0.2, 0.25) is 0 Å². The third-order valence-electron chi connectivity index (χ3n) is 8.63. The molecule has 1 radical (unpaired) electrons. The van der Waals surface area contributed by atoms with Crippen molar-refractivity contribution in [3.63, 3.8) is 0 Å². The standard InChI is InChI=1S/C34H25N2O.C12H10N.Ir/c1-34(2,3)26-18-19-36-31(20-26)30-9-5-8-29-28-7-4-6-27(32(28)37-33(29)30)25-16-14-24(15-17-25)23-12-10-22(21-35)11-13-23;1-10-7-8-12(13-9-10)11-5-3-2-4-6-11;/h4-8,10-20H,1-3H3;2-5,7-9H,1H3;/q2*-1;/i;1D3;. The van der Waals surface area contributed by atoms with Crippen LogP contribution in [0, 0.1) is 30.3 Å². The van der Waals surface area contributed by atoms with Crippen LogP contribution in [0.5, 0.6) is 0 Å². The van der Waals surface area contributed by atoms with Crippen molar-refractivity contribution in [2.45, 2.75) is 33.0 Å². The van der Waals surface area contributed by atoms with E-state index < -0.39 is 6.85 Å². The quantitative estimate of drug-likeness (QED) is 0.166. The molecule has 0 aliphatic rings. The molecule has 0 amide bonds. The van der Waals surface area contributed by atoms with Crippen molar-refractivity contribution >= 4 is 21.9 Å². The summed E-state index contributed by atoms with van der Waals surface area (Å²) in [5.41, 5.74) is 11.5. The molecule has 8 rings (SSSR count). The molecule has 0 unspecified atom stereocenters. The number of nitriles is 1. The molecule has 0 bridgehead atoms. The van der Waals surface area contributed by atoms with Gasteiger partial charge in [-0.25, -0.2) is 0 Å². The van der Waals surface area contributed by atoms with Gasteiger partial charge in [0.25, 0.3) is 0 Å². The minimum atomic E-state index is -2.09. The summed E-state index contributed by atoms with van der Waals surface area (Å²) in [4.78, 5) is 8.79. The number of aryl methyl sites for hydroxylation is 1. The summed E-state index contributed by atoms with van der Waals surface area (Å²) in [6, 6.07) is 50.0. The summed E-state index contributed by atoms with van der Waals surface area (Å²) in [6.45, 7) is 4.52. The van der Waals surface area contributed by atoms with Crippen molar-refractivity contribution in [2.24, 2.45) is 0 Å². The number of hydrogen-bond acceptors (Lipinski definition) is 4. The first-order valence-electron chi connectivity index (χ1n) is 17.9. The Morgan fingerprint density at radius 1 is 0.706 bits per heavy atom. The molecule has 5 heteroatoms. The molecule has 51 heavy (non-hydrogen) atoms. The van der Waals surface area contributed by atoms with Gasteiger partial charge >= 0.3 is 0 Å². The first kappa shape index (κ1) is 31.3. The molecule has 5 aromatic carbocycles. The molecule has 4 nitrogen and oxygen atoms in total. The molecule has 0 saturated heterocycles. The number of benzene rings is 5. The fourth-order valence-electron chi connectivity index (χ4n) is 5.90. The van der Waals surface area contributed by atoms with Crippen molar-refractivity contribution in [1.29, 1.82) is 5.26 Å². The smallest absolute Gasteiger partial charge is 0.128 e. The summed E-state index contributed by atoms with van der Waals surface area (Å²) in [6.07, 6.45) is 3.26. The largest absolute Gasteiger partial charge is 0.500 e. The second-order valence-corrected chi connectivity index (χ2v) is 13.0. The molecule has 3 aromatic heterocycles. The molecule has 0 fully saturated rings. The Kier molecular flexibility index (Phi) is 9.26. The van der Waals surface area contributed by atoms with E-state index in [9.17, 15) is 0 Å². The number of pyridine rings is 2. The minimum absolute atomic E-state index is 0. The Bertz CT molecular complexity index is 2570. The van der Waals surface area contributed by atoms with E-state index in [2.05, 4.69) is 110 Å². The zero-order valence-corrected chi connectivity index (χ0v) is 30.8. The Hall–Kier alpha value is -5.66. The zero-order chi connectivity index (χ0) is 37.2. The number of fused-ring (bicyclic) bond motifs is 3. The van der Waals surface area contributed by atoms with Gasteiger partial charge in [-0.1, -0.05) is 105 Å². The van der Waals surface area contributed by atoms with E-state index in [1.807, 2.05) is 54.7 Å². The predicted molar refractivity (Wildman–Crippen MR) is 203 cm³/mol. The molecular formula is C46H35IrN3O-2. The Morgan fingerprint density at radius 2 is 1.45 bits per heavy atom. The zero-order valence-electron chi connectivity index (χ0n) is 31.4. The average Bonchev–Trinajstić information content (AvgIpc) is 3.57. The maximum absolute atomic E-state index is 9.06. The second kappa shape index (κ2) is 15.1. The Labute approximate surface area is 317 Å². The summed E-state index contributed by atoms with van der Waals surface area (Å²) in [5.74, 6) is 0. The maximum atomic E-state index is 9.06. The van der Waals surface area contributed by atoms with Gasteiger partial charge in [0.15, 0.2) is 0 Å². The third kappa shape index (κ3) is 7.59.